The van der Waals surface area contributed by atoms with Crippen LogP contribution in [0.3, 0.4) is 0 Å². The van der Waals surface area contributed by atoms with E-state index in [2.05, 4.69) is 0 Å². The summed E-state index contributed by atoms with van der Waals surface area (Å²) >= 11 is 0. The monoisotopic (exact) mass is 314 g/mol. The van der Waals surface area contributed by atoms with Crippen LogP contribution in [0.2, 0.25) is 0 Å². The quantitative estimate of drug-likeness (QED) is 0.764. The predicted molar refractivity (Wildman–Crippen MR) is 75.2 cm³/mol. The van der Waals surface area contributed by atoms with Crippen molar-refractivity contribution >= 4 is 15.8 Å². The van der Waals surface area contributed by atoms with E-state index in [1.165, 1.54) is 18.2 Å². The molecule has 0 radical (unpaired) electrons. The first-order valence-corrected chi connectivity index (χ1v) is 8.40. The van der Waals surface area contributed by atoms with Gasteiger partial charge in [-0.25, -0.2) is 13.2 Å². The van der Waals surface area contributed by atoms with Crippen LogP contribution in [-0.4, -0.2) is 51.2 Å². The van der Waals surface area contributed by atoms with E-state index in [9.17, 15) is 13.2 Å². The molecule has 1 heterocycles. The summed E-state index contributed by atoms with van der Waals surface area (Å²) in [5, 5.41) is 8.88. The van der Waals surface area contributed by atoms with E-state index in [0.717, 1.165) is 25.5 Å². The first-order chi connectivity index (χ1) is 9.99. The van der Waals surface area contributed by atoms with E-state index >= 15 is 0 Å². The maximum absolute atomic E-state index is 12.1. The number of sulfone groups is 1. The number of hydrogen-bond acceptors (Lipinski definition) is 5. The molecule has 1 aliphatic heterocycles. The van der Waals surface area contributed by atoms with Crippen molar-refractivity contribution in [2.45, 2.75) is 23.8 Å². The normalized spacial score (nSPS) is 18.8. The number of aromatic carboxylic acids is 1. The van der Waals surface area contributed by atoms with Crippen LogP contribution in [0.15, 0.2) is 29.2 Å². The topological polar surface area (TPSA) is 89.9 Å². The van der Waals surface area contributed by atoms with Crippen molar-refractivity contribution in [2.75, 3.05) is 25.6 Å². The van der Waals surface area contributed by atoms with Gasteiger partial charge in [-0.05, 0) is 31.0 Å². The maximum Gasteiger partial charge on any atom is 0.335 e. The summed E-state index contributed by atoms with van der Waals surface area (Å²) in [5.74, 6) is -1.33. The lowest BCUT2D eigenvalue weighted by molar-refractivity contribution is 0.0223. The zero-order valence-corrected chi connectivity index (χ0v) is 12.3. The Bertz CT molecular complexity index is 589. The molecule has 1 aliphatic rings. The van der Waals surface area contributed by atoms with Crippen molar-refractivity contribution in [3.8, 4) is 0 Å². The number of carbonyl (C=O) groups is 1. The first kappa shape index (κ1) is 15.9. The number of benzene rings is 1. The Morgan fingerprint density at radius 1 is 1.43 bits per heavy atom. The molecule has 6 nitrogen and oxygen atoms in total. The van der Waals surface area contributed by atoms with Gasteiger partial charge in [-0.15, -0.1) is 0 Å². The summed E-state index contributed by atoms with van der Waals surface area (Å²) in [6, 6.07) is 5.33. The summed E-state index contributed by atoms with van der Waals surface area (Å²) in [4.78, 5) is 10.9. The minimum absolute atomic E-state index is 0.00289. The van der Waals surface area contributed by atoms with Gasteiger partial charge in [0.15, 0.2) is 9.84 Å². The second kappa shape index (κ2) is 7.02. The molecule has 116 valence electrons. The van der Waals surface area contributed by atoms with Gasteiger partial charge in [0.1, 0.15) is 0 Å². The van der Waals surface area contributed by atoms with E-state index in [1.54, 1.807) is 0 Å². The maximum atomic E-state index is 12.1. The Hall–Kier alpha value is -1.44. The van der Waals surface area contributed by atoms with E-state index in [1.807, 2.05) is 0 Å². The van der Waals surface area contributed by atoms with Gasteiger partial charge in [-0.3, -0.25) is 0 Å². The van der Waals surface area contributed by atoms with Crippen molar-refractivity contribution in [3.05, 3.63) is 29.8 Å². The van der Waals surface area contributed by atoms with E-state index in [0.29, 0.717) is 6.61 Å². The zero-order valence-electron chi connectivity index (χ0n) is 11.5. The zero-order chi connectivity index (χ0) is 15.3. The highest BCUT2D eigenvalue weighted by atomic mass is 32.2. The fourth-order valence-corrected chi connectivity index (χ4v) is 3.27. The van der Waals surface area contributed by atoms with Crippen LogP contribution in [0.4, 0.5) is 0 Å². The predicted octanol–water partition coefficient (Wildman–Crippen LogP) is 1.35. The van der Waals surface area contributed by atoms with Crippen LogP contribution in [-0.2, 0) is 19.3 Å². The SMILES string of the molecule is O=C(O)c1cccc(S(=O)(=O)CCOCC2CCCO2)c1. The van der Waals surface area contributed by atoms with Gasteiger partial charge in [-0.2, -0.15) is 0 Å². The molecule has 0 aromatic heterocycles. The lowest BCUT2D eigenvalue weighted by atomic mass is 10.2. The highest BCUT2D eigenvalue weighted by Crippen LogP contribution is 2.15. The Kier molecular flexibility index (Phi) is 5.33. The second-order valence-corrected chi connectivity index (χ2v) is 6.97. The number of hydrogen-bond donors (Lipinski definition) is 1. The van der Waals surface area contributed by atoms with E-state index in [-0.39, 0.29) is 28.9 Å². The molecule has 2 rings (SSSR count). The van der Waals surface area contributed by atoms with Crippen molar-refractivity contribution in [3.63, 3.8) is 0 Å². The van der Waals surface area contributed by atoms with Gasteiger partial charge >= 0.3 is 5.97 Å². The molecule has 1 aromatic rings. The third kappa shape index (κ3) is 4.52. The van der Waals surface area contributed by atoms with E-state index in [4.69, 9.17) is 14.6 Å². The van der Waals surface area contributed by atoms with Crippen LogP contribution in [0.25, 0.3) is 0 Å². The number of carboxylic acids is 1. The van der Waals surface area contributed by atoms with Crippen molar-refractivity contribution in [1.82, 2.24) is 0 Å². The largest absolute Gasteiger partial charge is 0.478 e. The molecule has 0 amide bonds. The van der Waals surface area contributed by atoms with Crippen molar-refractivity contribution in [2.24, 2.45) is 0 Å². The summed E-state index contributed by atoms with van der Waals surface area (Å²) in [7, 11) is -3.54. The molecule has 1 aromatic carbocycles. The lowest BCUT2D eigenvalue weighted by Gasteiger charge is -2.10. The van der Waals surface area contributed by atoms with Crippen molar-refractivity contribution in [1.29, 1.82) is 0 Å². The highest BCUT2D eigenvalue weighted by Gasteiger charge is 2.18. The smallest absolute Gasteiger partial charge is 0.335 e. The number of ether oxygens (including phenoxy) is 2. The molecule has 0 bridgehead atoms. The summed E-state index contributed by atoms with van der Waals surface area (Å²) < 4.78 is 34.9. The molecule has 1 saturated heterocycles. The highest BCUT2D eigenvalue weighted by molar-refractivity contribution is 7.91. The Labute approximate surface area is 123 Å². The molecule has 1 unspecified atom stereocenters. The van der Waals surface area contributed by atoms with Crippen molar-refractivity contribution < 1.29 is 27.8 Å². The van der Waals surface area contributed by atoms with Gasteiger partial charge in [0, 0.05) is 6.61 Å². The molecule has 1 fully saturated rings. The molecule has 1 atom stereocenters. The molecule has 1 N–H and O–H groups in total. The fraction of sp³-hybridized carbons (Fsp3) is 0.500. The Balaban J connectivity index is 1.88. The molecule has 0 saturated carbocycles. The fourth-order valence-electron chi connectivity index (χ4n) is 2.10. The third-order valence-corrected chi connectivity index (χ3v) is 4.94. The molecular formula is C14H18O6S. The van der Waals surface area contributed by atoms with Gasteiger partial charge < -0.3 is 14.6 Å². The third-order valence-electron chi connectivity index (χ3n) is 3.26. The first-order valence-electron chi connectivity index (χ1n) is 6.74. The summed E-state index contributed by atoms with van der Waals surface area (Å²) in [6.45, 7) is 1.19. The van der Waals surface area contributed by atoms with Crippen LogP contribution >= 0.6 is 0 Å². The molecule has 0 spiro atoms. The lowest BCUT2D eigenvalue weighted by Crippen LogP contribution is -2.19. The Morgan fingerprint density at radius 3 is 2.90 bits per heavy atom. The van der Waals surface area contributed by atoms with Gasteiger partial charge in [0.25, 0.3) is 0 Å². The summed E-state index contributed by atoms with van der Waals surface area (Å²) in [6.07, 6.45) is 2.00. The van der Waals surface area contributed by atoms with Crippen LogP contribution in [0, 0.1) is 0 Å². The second-order valence-electron chi connectivity index (χ2n) is 4.86. The van der Waals surface area contributed by atoms with Crippen LogP contribution in [0.5, 0.6) is 0 Å². The summed E-state index contributed by atoms with van der Waals surface area (Å²) in [5.41, 5.74) is -0.0450. The molecule has 21 heavy (non-hydrogen) atoms. The van der Waals surface area contributed by atoms with Gasteiger partial charge in [0.2, 0.25) is 0 Å². The van der Waals surface area contributed by atoms with E-state index < -0.39 is 15.8 Å². The average molecular weight is 314 g/mol. The molecule has 7 heteroatoms. The average Bonchev–Trinajstić information content (AvgIpc) is 2.97. The number of carboxylic acid groups (broad SMARTS) is 1. The van der Waals surface area contributed by atoms with Crippen LogP contribution in [0.1, 0.15) is 23.2 Å². The molecular weight excluding hydrogens is 296 g/mol. The van der Waals surface area contributed by atoms with Gasteiger partial charge in [0.05, 0.1) is 35.5 Å². The van der Waals surface area contributed by atoms with Gasteiger partial charge in [-0.1, -0.05) is 6.07 Å². The minimum atomic E-state index is -3.54. The van der Waals surface area contributed by atoms with Crippen LogP contribution < -0.4 is 0 Å². The molecule has 0 aliphatic carbocycles. The Morgan fingerprint density at radius 2 is 2.24 bits per heavy atom. The number of rotatable bonds is 7. The standard InChI is InChI=1S/C14H18O6S/c15-14(16)11-3-1-5-13(9-11)21(17,18)8-7-19-10-12-4-2-6-20-12/h1,3,5,9,12H,2,4,6-8,10H2,(H,15,16). The minimum Gasteiger partial charge on any atom is -0.478 e.